The average Bonchev–Trinajstić information content (AvgIpc) is 4.00. The van der Waals surface area contributed by atoms with Crippen LogP contribution >= 0.6 is 0 Å². The second-order valence-corrected chi connectivity index (χ2v) is 23.8. The molecule has 5 aliphatic carbocycles. The number of sulfonamides is 1. The number of carbonyl (C=O) groups excluding carboxylic acids is 1. The molecule has 10 rings (SSSR count). The van der Waals surface area contributed by atoms with Gasteiger partial charge in [0, 0.05) is 65.8 Å². The van der Waals surface area contributed by atoms with Crippen molar-refractivity contribution in [3.8, 4) is 0 Å². The third kappa shape index (κ3) is 13.7. The first-order valence-corrected chi connectivity index (χ1v) is 26.5. The molecule has 5 saturated carbocycles. The van der Waals surface area contributed by atoms with Crippen molar-refractivity contribution in [3.63, 3.8) is 0 Å². The fourth-order valence-corrected chi connectivity index (χ4v) is 10.6. The van der Waals surface area contributed by atoms with E-state index in [0.717, 1.165) is 32.5 Å². The van der Waals surface area contributed by atoms with Crippen molar-refractivity contribution in [2.75, 3.05) is 84.8 Å². The Bertz CT molecular complexity index is 1760. The van der Waals surface area contributed by atoms with Gasteiger partial charge in [0.15, 0.2) is 0 Å². The fourth-order valence-electron chi connectivity index (χ4n) is 9.81. The molecule has 0 spiro atoms. The van der Waals surface area contributed by atoms with Crippen LogP contribution in [0.25, 0.3) is 0 Å². The van der Waals surface area contributed by atoms with Crippen molar-refractivity contribution in [2.45, 2.75) is 152 Å². The predicted molar refractivity (Wildman–Crippen MR) is 256 cm³/mol. The summed E-state index contributed by atoms with van der Waals surface area (Å²) in [5.74, 6) is 0.205. The number of likely N-dealkylation sites (N-methyl/N-ethyl adjacent to an activating group) is 2. The molecular formula is C52H87N5O3S. The molecule has 0 aromatic heterocycles. The number of rotatable bonds is 8. The number of nitrogens with one attached hydrogen (secondary N) is 1. The van der Waals surface area contributed by atoms with Crippen molar-refractivity contribution in [3.05, 3.63) is 58.2 Å². The second kappa shape index (κ2) is 20.0. The molecule has 5 aliphatic heterocycles. The SMILES string of the molecule is CC(=O)N1CC=C(C2(C)CC2)CC1.CC1(C2=CCN(S(C)(=O)=O)CC2)CC1.CC1(C2=CCNCC2)CC1.CCN1CC=C(C2(C)CC2)CC1.CCN1CC=C(C2(C)CC2)CC1. The Morgan fingerprint density at radius 1 is 0.541 bits per heavy atom. The van der Waals surface area contributed by atoms with Gasteiger partial charge in [0.1, 0.15) is 0 Å². The molecule has 0 atom stereocenters. The topological polar surface area (TPSA) is 76.2 Å². The van der Waals surface area contributed by atoms with Crippen molar-refractivity contribution in [1.82, 2.24) is 24.3 Å². The molecule has 0 radical (unpaired) electrons. The molecule has 0 bridgehead atoms. The molecule has 0 saturated heterocycles. The molecule has 1 amide bonds. The van der Waals surface area contributed by atoms with Crippen LogP contribution in [0.5, 0.6) is 0 Å². The van der Waals surface area contributed by atoms with Crippen LogP contribution in [0.2, 0.25) is 0 Å². The normalized spacial score (nSPS) is 27.6. The van der Waals surface area contributed by atoms with Gasteiger partial charge in [-0.1, -0.05) is 107 Å². The summed E-state index contributed by atoms with van der Waals surface area (Å²) in [6.07, 6.45) is 32.8. The van der Waals surface area contributed by atoms with Crippen LogP contribution in [0, 0.1) is 27.1 Å². The Hall–Kier alpha value is -2.04. The maximum absolute atomic E-state index is 11.3. The lowest BCUT2D eigenvalue weighted by atomic mass is 9.92. The smallest absolute Gasteiger partial charge is 0.219 e. The average molecular weight is 862 g/mol. The van der Waals surface area contributed by atoms with E-state index >= 15 is 0 Å². The van der Waals surface area contributed by atoms with Gasteiger partial charge in [-0.05, 0) is 143 Å². The second-order valence-electron chi connectivity index (χ2n) is 21.8. The minimum Gasteiger partial charge on any atom is -0.339 e. The number of hydrogen-bond acceptors (Lipinski definition) is 6. The molecule has 1 N–H and O–H groups in total. The van der Waals surface area contributed by atoms with Crippen LogP contribution in [0.15, 0.2) is 58.2 Å². The Kier molecular flexibility index (Phi) is 15.9. The Morgan fingerprint density at radius 3 is 1.15 bits per heavy atom. The zero-order valence-electron chi connectivity index (χ0n) is 40.4. The number of carbonyl (C=O) groups is 1. The largest absolute Gasteiger partial charge is 0.339 e. The molecule has 61 heavy (non-hydrogen) atoms. The van der Waals surface area contributed by atoms with Gasteiger partial charge in [0.25, 0.3) is 0 Å². The molecule has 5 heterocycles. The van der Waals surface area contributed by atoms with E-state index in [1.807, 2.05) is 4.90 Å². The van der Waals surface area contributed by atoms with Crippen LogP contribution in [0.3, 0.4) is 0 Å². The summed E-state index contributed by atoms with van der Waals surface area (Å²) in [5, 5.41) is 3.34. The highest BCUT2D eigenvalue weighted by atomic mass is 32.2. The van der Waals surface area contributed by atoms with Gasteiger partial charge in [-0.3, -0.25) is 14.6 Å². The van der Waals surface area contributed by atoms with E-state index in [4.69, 9.17) is 0 Å². The maximum atomic E-state index is 11.3. The van der Waals surface area contributed by atoms with Gasteiger partial charge in [0.05, 0.1) is 6.26 Å². The van der Waals surface area contributed by atoms with Crippen molar-refractivity contribution in [1.29, 1.82) is 0 Å². The third-order valence-corrected chi connectivity index (χ3v) is 18.0. The van der Waals surface area contributed by atoms with E-state index in [0.29, 0.717) is 40.2 Å². The zero-order chi connectivity index (χ0) is 44.1. The van der Waals surface area contributed by atoms with Crippen molar-refractivity contribution in [2.24, 2.45) is 27.1 Å². The van der Waals surface area contributed by atoms with Gasteiger partial charge in [-0.25, -0.2) is 8.42 Å². The van der Waals surface area contributed by atoms with Crippen LogP contribution in [0.1, 0.15) is 152 Å². The summed E-state index contributed by atoms with van der Waals surface area (Å²) in [6, 6.07) is 0. The van der Waals surface area contributed by atoms with Gasteiger partial charge in [-0.2, -0.15) is 4.31 Å². The molecule has 8 nitrogen and oxygen atoms in total. The van der Waals surface area contributed by atoms with Crippen molar-refractivity contribution < 1.29 is 13.2 Å². The van der Waals surface area contributed by atoms with E-state index in [-0.39, 0.29) is 5.91 Å². The molecule has 10 aliphatic rings. The van der Waals surface area contributed by atoms with Gasteiger partial charge >= 0.3 is 0 Å². The summed E-state index contributed by atoms with van der Waals surface area (Å²) in [5.41, 5.74) is 11.1. The first kappa shape index (κ1) is 48.4. The first-order chi connectivity index (χ1) is 28.8. The summed E-state index contributed by atoms with van der Waals surface area (Å²) < 4.78 is 24.1. The molecule has 0 aromatic rings. The van der Waals surface area contributed by atoms with Crippen LogP contribution in [-0.4, -0.2) is 118 Å². The Labute approximate surface area is 373 Å². The lowest BCUT2D eigenvalue weighted by Crippen LogP contribution is -2.34. The minimum absolute atomic E-state index is 0.205. The highest BCUT2D eigenvalue weighted by Gasteiger charge is 2.44. The van der Waals surface area contributed by atoms with E-state index in [1.165, 1.54) is 141 Å². The molecule has 0 aromatic carbocycles. The standard InChI is InChI=1S/C11H17NO.2C11H19N.C10H17NO2S.C9H15N/c1-9(13)12-7-3-10(4-8-12)11(2)5-6-11;2*1-3-12-8-4-10(5-9-12)11(2)6-7-11;1-10(5-6-10)9-3-7-11(8-4-9)14(2,12)13;1-9(4-5-9)8-2-6-10-7-3-8/h3H,4-8H2,1-2H3;2*4H,3,5-9H2,1-2H3;3H,4-8H2,1-2H3;2,10H,3-7H2,1H3. The fraction of sp³-hybridized carbons (Fsp3) is 0.788. The predicted octanol–water partition coefficient (Wildman–Crippen LogP) is 9.93. The van der Waals surface area contributed by atoms with Gasteiger partial charge in [0.2, 0.25) is 15.9 Å². The monoisotopic (exact) mass is 862 g/mol. The molecule has 344 valence electrons. The van der Waals surface area contributed by atoms with Gasteiger partial charge < -0.3 is 10.2 Å². The quantitative estimate of drug-likeness (QED) is 0.245. The Balaban J connectivity index is 0.000000128. The van der Waals surface area contributed by atoms with Gasteiger partial charge in [-0.15, -0.1) is 0 Å². The van der Waals surface area contributed by atoms with E-state index < -0.39 is 10.0 Å². The van der Waals surface area contributed by atoms with Crippen LogP contribution in [0.4, 0.5) is 0 Å². The molecular weight excluding hydrogens is 775 g/mol. The lowest BCUT2D eigenvalue weighted by molar-refractivity contribution is -0.128. The summed E-state index contributed by atoms with van der Waals surface area (Å²) in [6.45, 7) is 30.7. The van der Waals surface area contributed by atoms with Crippen LogP contribution in [-0.2, 0) is 14.8 Å². The van der Waals surface area contributed by atoms with E-state index in [2.05, 4.69) is 94.0 Å². The zero-order valence-corrected chi connectivity index (χ0v) is 41.2. The highest BCUT2D eigenvalue weighted by molar-refractivity contribution is 7.88. The first-order valence-electron chi connectivity index (χ1n) is 24.7. The number of hydrogen-bond donors (Lipinski definition) is 1. The Morgan fingerprint density at radius 2 is 0.902 bits per heavy atom. The number of nitrogens with zero attached hydrogens (tertiary/aromatic N) is 4. The minimum atomic E-state index is -2.99. The summed E-state index contributed by atoms with van der Waals surface area (Å²) >= 11 is 0. The third-order valence-electron chi connectivity index (χ3n) is 16.7. The highest BCUT2D eigenvalue weighted by Crippen LogP contribution is 2.55. The maximum Gasteiger partial charge on any atom is 0.219 e. The summed E-state index contributed by atoms with van der Waals surface area (Å²) in [7, 11) is -2.99. The van der Waals surface area contributed by atoms with E-state index in [1.54, 1.807) is 33.5 Å². The lowest BCUT2D eigenvalue weighted by Gasteiger charge is -2.27. The number of amides is 1. The summed E-state index contributed by atoms with van der Waals surface area (Å²) in [4.78, 5) is 18.0. The van der Waals surface area contributed by atoms with E-state index in [9.17, 15) is 13.2 Å². The molecule has 5 fully saturated rings. The molecule has 0 unspecified atom stereocenters. The van der Waals surface area contributed by atoms with Crippen LogP contribution < -0.4 is 5.32 Å². The van der Waals surface area contributed by atoms with Crippen molar-refractivity contribution >= 4 is 15.9 Å². The molecule has 9 heteroatoms.